The van der Waals surface area contributed by atoms with Crippen LogP contribution in [0.5, 0.6) is 0 Å². The molecule has 3 heteroatoms. The molecule has 1 rings (SSSR count). The molecule has 1 aromatic carbocycles. The Hall–Kier alpha value is -0.960. The molecule has 1 N–H and O–H groups in total. The summed E-state index contributed by atoms with van der Waals surface area (Å²) in [5.41, 5.74) is 0.572. The zero-order valence-corrected chi connectivity index (χ0v) is 11.7. The highest BCUT2D eigenvalue weighted by Crippen LogP contribution is 2.16. The van der Waals surface area contributed by atoms with Crippen molar-refractivity contribution in [2.45, 2.75) is 46.1 Å². The standard InChI is InChI=1S/C15H23F2N/c1-11(7-8-18-15(2,3)4)9-12-10-13(16)5-6-14(12)17/h5-6,10-11,18H,7-9H2,1-4H3. The maximum atomic E-state index is 13.5. The van der Waals surface area contributed by atoms with E-state index in [1.807, 2.05) is 0 Å². The lowest BCUT2D eigenvalue weighted by molar-refractivity contribution is 0.392. The predicted octanol–water partition coefficient (Wildman–Crippen LogP) is 3.92. The molecule has 0 heterocycles. The molecule has 0 aromatic heterocycles. The van der Waals surface area contributed by atoms with Crippen LogP contribution in [0.4, 0.5) is 8.78 Å². The molecule has 0 spiro atoms. The summed E-state index contributed by atoms with van der Waals surface area (Å²) in [7, 11) is 0. The molecule has 1 unspecified atom stereocenters. The predicted molar refractivity (Wildman–Crippen MR) is 71.6 cm³/mol. The van der Waals surface area contributed by atoms with Crippen LogP contribution < -0.4 is 5.32 Å². The second kappa shape index (κ2) is 6.28. The van der Waals surface area contributed by atoms with E-state index in [0.717, 1.165) is 19.0 Å². The van der Waals surface area contributed by atoms with Crippen LogP contribution in [-0.4, -0.2) is 12.1 Å². The highest BCUT2D eigenvalue weighted by Gasteiger charge is 2.12. The molecule has 1 nitrogen and oxygen atoms in total. The Balaban J connectivity index is 2.44. The Morgan fingerprint density at radius 2 is 1.89 bits per heavy atom. The minimum Gasteiger partial charge on any atom is -0.312 e. The Kier molecular flexibility index (Phi) is 5.27. The maximum absolute atomic E-state index is 13.5. The third-order valence-corrected chi connectivity index (χ3v) is 2.87. The SMILES string of the molecule is CC(CCNC(C)(C)C)Cc1cc(F)ccc1F. The summed E-state index contributed by atoms with van der Waals surface area (Å²) in [4.78, 5) is 0. The molecular weight excluding hydrogens is 232 g/mol. The van der Waals surface area contributed by atoms with Crippen molar-refractivity contribution in [1.82, 2.24) is 5.32 Å². The van der Waals surface area contributed by atoms with Gasteiger partial charge in [0.2, 0.25) is 0 Å². The van der Waals surface area contributed by atoms with Crippen molar-refractivity contribution in [2.75, 3.05) is 6.54 Å². The van der Waals surface area contributed by atoms with Crippen LogP contribution in [0.3, 0.4) is 0 Å². The van der Waals surface area contributed by atoms with Gasteiger partial charge in [-0.3, -0.25) is 0 Å². The molecule has 0 saturated heterocycles. The highest BCUT2D eigenvalue weighted by atomic mass is 19.1. The summed E-state index contributed by atoms with van der Waals surface area (Å²) in [6.07, 6.45) is 1.53. The number of nitrogens with one attached hydrogen (secondary N) is 1. The quantitative estimate of drug-likeness (QED) is 0.841. The van der Waals surface area contributed by atoms with Crippen LogP contribution in [0.15, 0.2) is 18.2 Å². The second-order valence-corrected chi connectivity index (χ2v) is 6.01. The first-order valence-electron chi connectivity index (χ1n) is 6.47. The van der Waals surface area contributed by atoms with E-state index >= 15 is 0 Å². The van der Waals surface area contributed by atoms with Crippen molar-refractivity contribution in [3.63, 3.8) is 0 Å². The first-order chi connectivity index (χ1) is 8.28. The lowest BCUT2D eigenvalue weighted by Crippen LogP contribution is -2.37. The van der Waals surface area contributed by atoms with Gasteiger partial charge in [-0.25, -0.2) is 8.78 Å². The summed E-state index contributed by atoms with van der Waals surface area (Å²) in [6, 6.07) is 3.65. The molecule has 0 radical (unpaired) electrons. The van der Waals surface area contributed by atoms with E-state index in [1.165, 1.54) is 12.1 Å². The van der Waals surface area contributed by atoms with Crippen molar-refractivity contribution in [3.8, 4) is 0 Å². The number of hydrogen-bond acceptors (Lipinski definition) is 1. The van der Waals surface area contributed by atoms with Crippen LogP contribution in [-0.2, 0) is 6.42 Å². The molecule has 1 atom stereocenters. The topological polar surface area (TPSA) is 12.0 Å². The van der Waals surface area contributed by atoms with E-state index < -0.39 is 0 Å². The van der Waals surface area contributed by atoms with E-state index in [0.29, 0.717) is 17.9 Å². The van der Waals surface area contributed by atoms with Gasteiger partial charge in [-0.15, -0.1) is 0 Å². The molecule has 0 amide bonds. The van der Waals surface area contributed by atoms with Crippen LogP contribution in [0.1, 0.15) is 39.7 Å². The largest absolute Gasteiger partial charge is 0.312 e. The van der Waals surface area contributed by atoms with Gasteiger partial charge in [0.25, 0.3) is 0 Å². The fourth-order valence-corrected chi connectivity index (χ4v) is 1.87. The minimum atomic E-state index is -0.369. The smallest absolute Gasteiger partial charge is 0.126 e. The van der Waals surface area contributed by atoms with Gasteiger partial charge >= 0.3 is 0 Å². The van der Waals surface area contributed by atoms with Crippen LogP contribution in [0, 0.1) is 17.6 Å². The first kappa shape index (κ1) is 15.1. The monoisotopic (exact) mass is 255 g/mol. The second-order valence-electron chi connectivity index (χ2n) is 6.01. The zero-order valence-electron chi connectivity index (χ0n) is 11.7. The molecule has 1 aromatic rings. The average Bonchev–Trinajstić information content (AvgIpc) is 2.21. The summed E-state index contributed by atoms with van der Waals surface area (Å²) < 4.78 is 26.5. The van der Waals surface area contributed by atoms with E-state index in [9.17, 15) is 8.78 Å². The van der Waals surface area contributed by atoms with Gasteiger partial charge in [-0.2, -0.15) is 0 Å². The number of rotatable bonds is 5. The molecule has 102 valence electrons. The Morgan fingerprint density at radius 1 is 1.22 bits per heavy atom. The Labute approximate surface area is 109 Å². The van der Waals surface area contributed by atoms with E-state index in [2.05, 4.69) is 33.0 Å². The fourth-order valence-electron chi connectivity index (χ4n) is 1.87. The Morgan fingerprint density at radius 3 is 2.50 bits per heavy atom. The van der Waals surface area contributed by atoms with Gasteiger partial charge in [-0.05, 0) is 69.8 Å². The highest BCUT2D eigenvalue weighted by molar-refractivity contribution is 5.19. The molecular formula is C15H23F2N. The van der Waals surface area contributed by atoms with Gasteiger partial charge in [0.1, 0.15) is 11.6 Å². The number of benzene rings is 1. The van der Waals surface area contributed by atoms with Crippen LogP contribution >= 0.6 is 0 Å². The van der Waals surface area contributed by atoms with Crippen LogP contribution in [0.2, 0.25) is 0 Å². The molecule has 0 aliphatic heterocycles. The van der Waals surface area contributed by atoms with Gasteiger partial charge in [0.05, 0.1) is 0 Å². The molecule has 0 bridgehead atoms. The van der Waals surface area contributed by atoms with Gasteiger partial charge in [0.15, 0.2) is 0 Å². The Bertz CT molecular complexity index is 383. The van der Waals surface area contributed by atoms with Crippen molar-refractivity contribution >= 4 is 0 Å². The minimum absolute atomic E-state index is 0.101. The summed E-state index contributed by atoms with van der Waals surface area (Å²) in [5.74, 6) is -0.352. The zero-order chi connectivity index (χ0) is 13.8. The summed E-state index contributed by atoms with van der Waals surface area (Å²) in [5, 5.41) is 3.40. The number of halogens is 2. The average molecular weight is 255 g/mol. The van der Waals surface area contributed by atoms with Crippen molar-refractivity contribution < 1.29 is 8.78 Å². The molecule has 0 fully saturated rings. The first-order valence-corrected chi connectivity index (χ1v) is 6.47. The van der Waals surface area contributed by atoms with Gasteiger partial charge < -0.3 is 5.32 Å². The van der Waals surface area contributed by atoms with Gasteiger partial charge in [0, 0.05) is 5.54 Å². The molecule has 0 aliphatic carbocycles. The normalized spacial score (nSPS) is 13.7. The van der Waals surface area contributed by atoms with Crippen LogP contribution in [0.25, 0.3) is 0 Å². The molecule has 0 aliphatic rings. The van der Waals surface area contributed by atoms with Gasteiger partial charge in [-0.1, -0.05) is 6.92 Å². The van der Waals surface area contributed by atoms with Crippen molar-refractivity contribution in [3.05, 3.63) is 35.4 Å². The van der Waals surface area contributed by atoms with E-state index in [1.54, 1.807) is 0 Å². The molecule has 0 saturated carbocycles. The third kappa shape index (κ3) is 5.58. The summed E-state index contributed by atoms with van der Waals surface area (Å²) >= 11 is 0. The fraction of sp³-hybridized carbons (Fsp3) is 0.600. The lowest BCUT2D eigenvalue weighted by Gasteiger charge is -2.22. The summed E-state index contributed by atoms with van der Waals surface area (Å²) in [6.45, 7) is 9.30. The van der Waals surface area contributed by atoms with E-state index in [4.69, 9.17) is 0 Å². The number of hydrogen-bond donors (Lipinski definition) is 1. The van der Waals surface area contributed by atoms with E-state index in [-0.39, 0.29) is 17.2 Å². The third-order valence-electron chi connectivity index (χ3n) is 2.87. The van der Waals surface area contributed by atoms with Crippen molar-refractivity contribution in [1.29, 1.82) is 0 Å². The van der Waals surface area contributed by atoms with Crippen molar-refractivity contribution in [2.24, 2.45) is 5.92 Å². The lowest BCUT2D eigenvalue weighted by atomic mass is 9.97. The maximum Gasteiger partial charge on any atom is 0.126 e. The molecule has 18 heavy (non-hydrogen) atoms.